The van der Waals surface area contributed by atoms with E-state index in [-0.39, 0.29) is 31.0 Å². The zero-order valence-electron chi connectivity index (χ0n) is 34.3. The molecule has 14 nitrogen and oxygen atoms in total. The summed E-state index contributed by atoms with van der Waals surface area (Å²) in [5, 5.41) is 58.9. The summed E-state index contributed by atoms with van der Waals surface area (Å²) in [7, 11) is 1.69. The third kappa shape index (κ3) is 8.94. The lowest BCUT2D eigenvalue weighted by Crippen LogP contribution is -2.65. The highest BCUT2D eigenvalue weighted by atomic mass is 16.7. The standard InChI is InChI=1S/C45H60N2O12/c1-26-10-7-12-28(40(26)54-4)16-18-34-45(2,3)36-29-13-6-5-11-27(29)15-17-30(36)47(34)21-19-35(50)46-20-9-23-56-43-39(53)41-32(24-48)58-44(43)59-42-33(25-49)57-31(14-8-22-55-41)37(51)38(42)52/h5-6,11,13,15-18,31-33,37-39,41-44,48-49,51-53H,1,7-10,12,14,19-25H2,2-4H3/p+1/b18-16+/t31-,32-,33-,37+,38-,39+,41-,42?,43-,44-/m1/s1. The molecule has 0 saturated carbocycles. The molecule has 1 unspecified atom stereocenters. The number of hydrogen-bond acceptors (Lipinski definition) is 12. The fourth-order valence-corrected chi connectivity index (χ4v) is 9.42. The normalized spacial score (nSPS) is 32.3. The highest BCUT2D eigenvalue weighted by Gasteiger charge is 2.52. The molecule has 6 fully saturated rings. The average Bonchev–Trinajstić information content (AvgIpc) is 3.47. The van der Waals surface area contributed by atoms with Crippen LogP contribution in [-0.2, 0) is 38.6 Å². The molecule has 59 heavy (non-hydrogen) atoms. The number of allylic oxidation sites excluding steroid dienone is 4. The third-order valence-electron chi connectivity index (χ3n) is 12.4. The molecular formula is C45H61N2O12+. The van der Waals surface area contributed by atoms with Gasteiger partial charge in [-0.25, -0.2) is 0 Å². The number of methoxy groups -OCH3 is 1. The third-order valence-corrected chi connectivity index (χ3v) is 12.4. The van der Waals surface area contributed by atoms with Crippen molar-refractivity contribution in [3.05, 3.63) is 77.6 Å². The molecule has 10 rings (SSSR count). The fraction of sp³-hybridized carbons (Fsp3) is 0.600. The van der Waals surface area contributed by atoms with E-state index in [0.29, 0.717) is 32.4 Å². The average molecular weight is 822 g/mol. The van der Waals surface area contributed by atoms with Crippen LogP contribution in [0.4, 0.5) is 5.69 Å². The number of nitrogens with one attached hydrogen (secondary N) is 1. The lowest BCUT2D eigenvalue weighted by Gasteiger charge is -2.47. The Kier molecular flexibility index (Phi) is 14.0. The number of rotatable bonds is 13. The summed E-state index contributed by atoms with van der Waals surface area (Å²) in [6.07, 6.45) is -2.76. The first-order valence-electron chi connectivity index (χ1n) is 21.0. The van der Waals surface area contributed by atoms with Crippen molar-refractivity contribution in [3.63, 3.8) is 0 Å². The van der Waals surface area contributed by atoms with E-state index in [0.717, 1.165) is 53.0 Å². The zero-order valence-corrected chi connectivity index (χ0v) is 34.3. The Morgan fingerprint density at radius 3 is 2.53 bits per heavy atom. The Morgan fingerprint density at radius 2 is 1.75 bits per heavy atom. The molecule has 0 aromatic heterocycles. The van der Waals surface area contributed by atoms with E-state index in [9.17, 15) is 30.3 Å². The van der Waals surface area contributed by atoms with Gasteiger partial charge in [0, 0.05) is 37.5 Å². The van der Waals surface area contributed by atoms with Crippen molar-refractivity contribution < 1.29 is 63.3 Å². The van der Waals surface area contributed by atoms with Gasteiger partial charge in [-0.2, -0.15) is 4.58 Å². The largest absolute Gasteiger partial charge is 0.496 e. The highest BCUT2D eigenvalue weighted by Crippen LogP contribution is 2.45. The van der Waals surface area contributed by atoms with Crippen LogP contribution in [0.2, 0.25) is 0 Å². The van der Waals surface area contributed by atoms with Crippen LogP contribution in [0.3, 0.4) is 0 Å². The van der Waals surface area contributed by atoms with E-state index in [1.807, 2.05) is 6.07 Å². The minimum absolute atomic E-state index is 0.0921. The van der Waals surface area contributed by atoms with Gasteiger partial charge < -0.3 is 59.3 Å². The summed E-state index contributed by atoms with van der Waals surface area (Å²) in [6, 6.07) is 12.7. The summed E-state index contributed by atoms with van der Waals surface area (Å²) >= 11 is 0. The maximum Gasteiger partial charge on any atom is 0.226 e. The molecule has 1 aliphatic carbocycles. The maximum atomic E-state index is 13.4. The SMILES string of the molecule is C=C1CCCC(/C=C/C2=[N+](CCC(=O)NCCCO[C@H]3[C@H]4OC5[C@@H](CO)O[C@H](CCCO[C@@H]([C@@H]3O)[C@@H](CO)O4)[C@H](O)[C@H]5O)c3ccc4ccccc4c3C2(C)C)=C1OC. The second-order valence-electron chi connectivity index (χ2n) is 16.7. The van der Waals surface area contributed by atoms with Gasteiger partial charge in [0.25, 0.3) is 0 Å². The number of benzene rings is 2. The lowest BCUT2D eigenvalue weighted by molar-refractivity contribution is -0.436. The number of aliphatic hydroxyl groups excluding tert-OH is 5. The Bertz CT molecular complexity index is 1920. The molecule has 322 valence electrons. The van der Waals surface area contributed by atoms with Crippen LogP contribution < -0.4 is 5.32 Å². The first-order chi connectivity index (χ1) is 28.5. The molecule has 8 aliphatic rings. The van der Waals surface area contributed by atoms with Gasteiger partial charge in [0.15, 0.2) is 18.5 Å². The molecule has 6 N–H and O–H groups in total. The molecule has 7 aliphatic heterocycles. The summed E-state index contributed by atoms with van der Waals surface area (Å²) in [6.45, 7) is 8.71. The molecule has 4 bridgehead atoms. The van der Waals surface area contributed by atoms with Gasteiger partial charge in [-0.05, 0) is 86.4 Å². The minimum Gasteiger partial charge on any atom is -0.496 e. The van der Waals surface area contributed by atoms with Crippen molar-refractivity contribution >= 4 is 28.1 Å². The van der Waals surface area contributed by atoms with E-state index < -0.39 is 74.4 Å². The molecule has 0 spiro atoms. The van der Waals surface area contributed by atoms with Crippen LogP contribution in [-0.4, -0.2) is 150 Å². The molecule has 0 radical (unpaired) electrons. The quantitative estimate of drug-likeness (QED) is 0.128. The molecule has 6 saturated heterocycles. The number of carbonyl (C=O) groups excluding carboxylic acids is 1. The smallest absolute Gasteiger partial charge is 0.226 e. The molecule has 7 heterocycles. The van der Waals surface area contributed by atoms with Crippen LogP contribution >= 0.6 is 0 Å². The Hall–Kier alpha value is -3.54. The van der Waals surface area contributed by atoms with Gasteiger partial charge in [0.2, 0.25) is 11.6 Å². The Balaban J connectivity index is 1.02. The predicted octanol–water partition coefficient (Wildman–Crippen LogP) is 2.82. The number of carbonyl (C=O) groups is 1. The van der Waals surface area contributed by atoms with Crippen molar-refractivity contribution in [1.82, 2.24) is 5.32 Å². The lowest BCUT2D eigenvalue weighted by atomic mass is 9.78. The molecule has 2 aromatic carbocycles. The number of aliphatic hydroxyl groups is 5. The molecule has 14 heteroatoms. The first-order valence-corrected chi connectivity index (χ1v) is 21.0. The Morgan fingerprint density at radius 1 is 0.966 bits per heavy atom. The van der Waals surface area contributed by atoms with Crippen LogP contribution in [0, 0.1) is 0 Å². The topological polar surface area (TPSA) is 189 Å². The number of ether oxygens (including phenoxy) is 6. The number of hydrogen-bond donors (Lipinski definition) is 6. The van der Waals surface area contributed by atoms with Gasteiger partial charge >= 0.3 is 0 Å². The van der Waals surface area contributed by atoms with Gasteiger partial charge in [-0.1, -0.05) is 30.8 Å². The van der Waals surface area contributed by atoms with Crippen molar-refractivity contribution in [1.29, 1.82) is 0 Å². The number of fused-ring (bicyclic) bond motifs is 3. The van der Waals surface area contributed by atoms with E-state index in [1.54, 1.807) is 7.11 Å². The van der Waals surface area contributed by atoms with Gasteiger partial charge in [0.1, 0.15) is 54.6 Å². The van der Waals surface area contributed by atoms with Crippen molar-refractivity contribution in [2.45, 2.75) is 125 Å². The van der Waals surface area contributed by atoms with Crippen LogP contribution in [0.5, 0.6) is 0 Å². The molecule has 10 atom stereocenters. The monoisotopic (exact) mass is 821 g/mol. The Labute approximate surface area is 345 Å². The van der Waals surface area contributed by atoms with E-state index in [2.05, 4.69) is 72.8 Å². The summed E-state index contributed by atoms with van der Waals surface area (Å²) < 4.78 is 38.1. The van der Waals surface area contributed by atoms with Gasteiger partial charge in [0.05, 0.1) is 38.3 Å². The molecular weight excluding hydrogens is 760 g/mol. The highest BCUT2D eigenvalue weighted by molar-refractivity contribution is 6.07. The van der Waals surface area contributed by atoms with Crippen molar-refractivity contribution in [3.8, 4) is 0 Å². The van der Waals surface area contributed by atoms with Crippen LogP contribution in [0.15, 0.2) is 72.0 Å². The minimum atomic E-state index is -1.42. The predicted molar refractivity (Wildman–Crippen MR) is 218 cm³/mol. The van der Waals surface area contributed by atoms with Crippen LogP contribution in [0.25, 0.3) is 10.8 Å². The number of amides is 1. The van der Waals surface area contributed by atoms with E-state index in [1.165, 1.54) is 10.9 Å². The summed E-state index contributed by atoms with van der Waals surface area (Å²) in [5.41, 5.74) is 5.16. The summed E-state index contributed by atoms with van der Waals surface area (Å²) in [5.74, 6) is 0.724. The molecule has 1 amide bonds. The van der Waals surface area contributed by atoms with Gasteiger partial charge in [-0.3, -0.25) is 4.79 Å². The second kappa shape index (κ2) is 19.0. The van der Waals surface area contributed by atoms with Crippen molar-refractivity contribution in [2.75, 3.05) is 46.6 Å². The first kappa shape index (κ1) is 43.5. The van der Waals surface area contributed by atoms with Gasteiger partial charge in [-0.15, -0.1) is 0 Å². The van der Waals surface area contributed by atoms with Crippen molar-refractivity contribution in [2.24, 2.45) is 0 Å². The van der Waals surface area contributed by atoms with E-state index in [4.69, 9.17) is 28.4 Å². The number of nitrogens with zero attached hydrogens (tertiary/aromatic N) is 1. The zero-order chi connectivity index (χ0) is 41.8. The second-order valence-corrected chi connectivity index (χ2v) is 16.7. The van der Waals surface area contributed by atoms with Crippen LogP contribution in [0.1, 0.15) is 64.4 Å². The fourth-order valence-electron chi connectivity index (χ4n) is 9.42. The summed E-state index contributed by atoms with van der Waals surface area (Å²) in [4.78, 5) is 13.4. The molecule has 2 aromatic rings. The van der Waals surface area contributed by atoms with E-state index >= 15 is 0 Å². The maximum absolute atomic E-state index is 13.4.